The lowest BCUT2D eigenvalue weighted by atomic mass is 10.2. The van der Waals surface area contributed by atoms with E-state index in [4.69, 9.17) is 24.1 Å². The average molecular weight is 360 g/mol. The van der Waals surface area contributed by atoms with E-state index in [9.17, 15) is 15.0 Å². The fourth-order valence-corrected chi connectivity index (χ4v) is 2.01. The minimum atomic E-state index is -1.35. The first kappa shape index (κ1) is 21.4. The van der Waals surface area contributed by atoms with Crippen LogP contribution in [0.4, 0.5) is 0 Å². The molecule has 3 atom stereocenters. The highest BCUT2D eigenvalue weighted by Crippen LogP contribution is 2.27. The topological polar surface area (TPSA) is 115 Å². The molecule has 144 valence electrons. The zero-order valence-electron chi connectivity index (χ0n) is 14.7. The van der Waals surface area contributed by atoms with Crippen LogP contribution >= 0.6 is 0 Å². The fraction of sp³-hybridized carbons (Fsp3) is 0.706. The van der Waals surface area contributed by atoms with Crippen molar-refractivity contribution in [1.29, 1.82) is 0 Å². The normalized spacial score (nSPS) is 20.0. The standard InChI is InChI=1S/C17H28O8/c1-3-5-7-22-10-12(19)11-24-15-14(13(20)9-18)25-17(21)16(15)23-8-6-4-2/h4,6,12-14,18-20H,3,5,7-11H2,1-2H3/t12?,13-,14+/m0/s1. The zero-order chi connectivity index (χ0) is 18.7. The van der Waals surface area contributed by atoms with Gasteiger partial charge in [-0.2, -0.15) is 0 Å². The number of aliphatic hydroxyl groups is 3. The Labute approximate surface area is 147 Å². The predicted molar refractivity (Wildman–Crippen MR) is 88.5 cm³/mol. The first-order chi connectivity index (χ1) is 12.0. The lowest BCUT2D eigenvalue weighted by Crippen LogP contribution is -2.33. The Kier molecular flexibility index (Phi) is 10.2. The molecule has 0 bridgehead atoms. The number of hydrogen-bond acceptors (Lipinski definition) is 8. The van der Waals surface area contributed by atoms with Crippen LogP contribution in [0, 0.1) is 0 Å². The van der Waals surface area contributed by atoms with E-state index in [1.54, 1.807) is 19.1 Å². The average Bonchev–Trinajstić information content (AvgIpc) is 2.92. The van der Waals surface area contributed by atoms with Crippen molar-refractivity contribution in [2.45, 2.75) is 45.0 Å². The summed E-state index contributed by atoms with van der Waals surface area (Å²) in [7, 11) is 0. The first-order valence-electron chi connectivity index (χ1n) is 8.41. The van der Waals surface area contributed by atoms with E-state index in [1.165, 1.54) is 0 Å². The van der Waals surface area contributed by atoms with Gasteiger partial charge in [-0.1, -0.05) is 25.5 Å². The molecule has 1 aliphatic heterocycles. The highest BCUT2D eigenvalue weighted by molar-refractivity contribution is 5.89. The summed E-state index contributed by atoms with van der Waals surface area (Å²) >= 11 is 0. The Bertz CT molecular complexity index is 460. The Morgan fingerprint density at radius 1 is 1.28 bits per heavy atom. The number of cyclic esters (lactones) is 1. The maximum absolute atomic E-state index is 11.9. The van der Waals surface area contributed by atoms with Gasteiger partial charge in [0.25, 0.3) is 0 Å². The summed E-state index contributed by atoms with van der Waals surface area (Å²) in [5.41, 5.74) is 0. The van der Waals surface area contributed by atoms with Gasteiger partial charge >= 0.3 is 5.97 Å². The van der Waals surface area contributed by atoms with E-state index >= 15 is 0 Å². The number of unbranched alkanes of at least 4 members (excludes halogenated alkanes) is 1. The van der Waals surface area contributed by atoms with Gasteiger partial charge in [-0.25, -0.2) is 4.79 Å². The molecule has 0 radical (unpaired) electrons. The number of allylic oxidation sites excluding steroid dienone is 1. The monoisotopic (exact) mass is 360 g/mol. The van der Waals surface area contributed by atoms with Crippen LogP contribution in [0.1, 0.15) is 26.7 Å². The molecule has 1 rings (SSSR count). The molecule has 25 heavy (non-hydrogen) atoms. The van der Waals surface area contributed by atoms with Crippen LogP contribution in [-0.4, -0.2) is 72.6 Å². The minimum absolute atomic E-state index is 0.0383. The van der Waals surface area contributed by atoms with Crippen LogP contribution in [0.15, 0.2) is 23.7 Å². The van der Waals surface area contributed by atoms with Crippen molar-refractivity contribution in [1.82, 2.24) is 0 Å². The van der Waals surface area contributed by atoms with E-state index in [2.05, 4.69) is 0 Å². The quantitative estimate of drug-likeness (QED) is 0.243. The number of carbonyl (C=O) groups excluding carboxylic acids is 1. The molecule has 0 aromatic rings. The third kappa shape index (κ3) is 7.03. The molecule has 0 aromatic carbocycles. The molecule has 0 aliphatic carbocycles. The maximum Gasteiger partial charge on any atom is 0.378 e. The zero-order valence-corrected chi connectivity index (χ0v) is 14.7. The van der Waals surface area contributed by atoms with Gasteiger partial charge in [0.05, 0.1) is 13.2 Å². The van der Waals surface area contributed by atoms with E-state index in [-0.39, 0.29) is 31.3 Å². The van der Waals surface area contributed by atoms with Gasteiger partial charge in [0.2, 0.25) is 5.76 Å². The Balaban J connectivity index is 2.69. The number of carbonyl (C=O) groups is 1. The lowest BCUT2D eigenvalue weighted by molar-refractivity contribution is -0.148. The number of hydrogen-bond donors (Lipinski definition) is 3. The molecule has 8 nitrogen and oxygen atoms in total. The van der Waals surface area contributed by atoms with E-state index in [0.29, 0.717) is 6.61 Å². The molecule has 0 amide bonds. The molecule has 0 fully saturated rings. The van der Waals surface area contributed by atoms with Gasteiger partial charge in [0, 0.05) is 6.61 Å². The second-order valence-corrected chi connectivity index (χ2v) is 5.54. The summed E-state index contributed by atoms with van der Waals surface area (Å²) in [5.74, 6) is -0.996. The fourth-order valence-electron chi connectivity index (χ4n) is 2.01. The van der Waals surface area contributed by atoms with Crippen LogP contribution in [0.3, 0.4) is 0 Å². The smallest absolute Gasteiger partial charge is 0.378 e. The third-order valence-corrected chi connectivity index (χ3v) is 3.38. The molecule has 0 saturated carbocycles. The number of esters is 1. The van der Waals surface area contributed by atoms with Crippen molar-refractivity contribution in [3.63, 3.8) is 0 Å². The van der Waals surface area contributed by atoms with Crippen LogP contribution < -0.4 is 0 Å². The highest BCUT2D eigenvalue weighted by Gasteiger charge is 2.42. The summed E-state index contributed by atoms with van der Waals surface area (Å²) in [5, 5.41) is 28.8. The lowest BCUT2D eigenvalue weighted by Gasteiger charge is -2.20. The van der Waals surface area contributed by atoms with E-state index in [1.807, 2.05) is 6.92 Å². The number of rotatable bonds is 13. The molecule has 0 spiro atoms. The molecule has 1 unspecified atom stereocenters. The van der Waals surface area contributed by atoms with Crippen molar-refractivity contribution in [3.05, 3.63) is 23.7 Å². The molecule has 1 aliphatic rings. The number of aliphatic hydroxyl groups excluding tert-OH is 3. The first-order valence-corrected chi connectivity index (χ1v) is 8.41. The van der Waals surface area contributed by atoms with Gasteiger partial charge in [-0.3, -0.25) is 0 Å². The van der Waals surface area contributed by atoms with Crippen LogP contribution in [-0.2, 0) is 23.7 Å². The predicted octanol–water partition coefficient (Wildman–Crippen LogP) is 0.263. The summed E-state index contributed by atoms with van der Waals surface area (Å²) in [4.78, 5) is 11.9. The summed E-state index contributed by atoms with van der Waals surface area (Å²) in [6.07, 6.45) is 1.89. The summed E-state index contributed by atoms with van der Waals surface area (Å²) in [6, 6.07) is 0. The van der Waals surface area contributed by atoms with Crippen molar-refractivity contribution in [3.8, 4) is 0 Å². The van der Waals surface area contributed by atoms with Crippen molar-refractivity contribution in [2.24, 2.45) is 0 Å². The second kappa shape index (κ2) is 11.9. The second-order valence-electron chi connectivity index (χ2n) is 5.54. The third-order valence-electron chi connectivity index (χ3n) is 3.38. The van der Waals surface area contributed by atoms with Crippen LogP contribution in [0.2, 0.25) is 0 Å². The summed E-state index contributed by atoms with van der Waals surface area (Å²) in [6.45, 7) is 3.81. The van der Waals surface area contributed by atoms with Gasteiger partial charge in [0.15, 0.2) is 11.9 Å². The van der Waals surface area contributed by atoms with Crippen molar-refractivity contribution in [2.75, 3.05) is 33.0 Å². The largest absolute Gasteiger partial charge is 0.487 e. The van der Waals surface area contributed by atoms with Gasteiger partial charge in [0.1, 0.15) is 25.4 Å². The number of ether oxygens (including phenoxy) is 4. The van der Waals surface area contributed by atoms with Crippen molar-refractivity contribution < 1.29 is 39.1 Å². The molecular formula is C17H28O8. The SMILES string of the molecule is CC=CCOC1=C(OCC(O)COCCCC)[C@@H]([C@@H](O)CO)OC1=O. The minimum Gasteiger partial charge on any atom is -0.487 e. The molecule has 3 N–H and O–H groups in total. The van der Waals surface area contributed by atoms with Crippen LogP contribution in [0.25, 0.3) is 0 Å². The Morgan fingerprint density at radius 2 is 2.04 bits per heavy atom. The van der Waals surface area contributed by atoms with Crippen LogP contribution in [0.5, 0.6) is 0 Å². The van der Waals surface area contributed by atoms with Gasteiger partial charge in [-0.15, -0.1) is 0 Å². The molecule has 8 heteroatoms. The highest BCUT2D eigenvalue weighted by atomic mass is 16.6. The Morgan fingerprint density at radius 3 is 2.68 bits per heavy atom. The molecule has 0 aromatic heterocycles. The van der Waals surface area contributed by atoms with Crippen molar-refractivity contribution >= 4 is 5.97 Å². The molecular weight excluding hydrogens is 332 g/mol. The maximum atomic E-state index is 11.9. The van der Waals surface area contributed by atoms with Gasteiger partial charge < -0.3 is 34.3 Å². The van der Waals surface area contributed by atoms with E-state index < -0.39 is 30.9 Å². The van der Waals surface area contributed by atoms with E-state index in [0.717, 1.165) is 12.8 Å². The molecule has 1 heterocycles. The summed E-state index contributed by atoms with van der Waals surface area (Å²) < 4.78 is 21.1. The van der Waals surface area contributed by atoms with Gasteiger partial charge in [-0.05, 0) is 13.3 Å². The Hall–Kier alpha value is -1.61. The molecule has 0 saturated heterocycles.